The fourth-order valence-corrected chi connectivity index (χ4v) is 2.86. The Morgan fingerprint density at radius 2 is 1.62 bits per heavy atom. The minimum atomic E-state index is -0.0379. The van der Waals surface area contributed by atoms with Crippen LogP contribution in [-0.4, -0.2) is 5.11 Å². The lowest BCUT2D eigenvalue weighted by atomic mass is 9.75. The molecule has 1 rings (SSSR count). The molecule has 1 heteroatoms. The number of aryl methyl sites for hydroxylation is 1. The van der Waals surface area contributed by atoms with Crippen molar-refractivity contribution in [2.45, 2.75) is 78.1 Å². The standard InChI is InChI=1S/C20H32O/c1-8-9-10-11-12-20(6,7)17-14-15(2)13-16(18(17)21)19(3,4)5/h8,13-14,21H,1,9-12H2,2-7H3. The molecular weight excluding hydrogens is 256 g/mol. The summed E-state index contributed by atoms with van der Waals surface area (Å²) in [6.07, 6.45) is 6.47. The molecule has 0 bridgehead atoms. The SMILES string of the molecule is C=CCCCCC(C)(C)c1cc(C)cc(C(C)(C)C)c1O. The fraction of sp³-hybridized carbons (Fsp3) is 0.600. The maximum absolute atomic E-state index is 10.8. The minimum Gasteiger partial charge on any atom is -0.507 e. The number of hydrogen-bond acceptors (Lipinski definition) is 1. The van der Waals surface area contributed by atoms with Gasteiger partial charge in [-0.2, -0.15) is 0 Å². The first-order valence-corrected chi connectivity index (χ1v) is 8.05. The number of benzene rings is 1. The van der Waals surface area contributed by atoms with Gasteiger partial charge < -0.3 is 5.11 Å². The van der Waals surface area contributed by atoms with Gasteiger partial charge in [-0.25, -0.2) is 0 Å². The van der Waals surface area contributed by atoms with Crippen molar-refractivity contribution in [3.05, 3.63) is 41.5 Å². The smallest absolute Gasteiger partial charge is 0.123 e. The highest BCUT2D eigenvalue weighted by Crippen LogP contribution is 2.41. The van der Waals surface area contributed by atoms with Crippen molar-refractivity contribution in [3.63, 3.8) is 0 Å². The van der Waals surface area contributed by atoms with Crippen LogP contribution in [0.1, 0.15) is 77.0 Å². The van der Waals surface area contributed by atoms with E-state index in [0.29, 0.717) is 5.75 Å². The van der Waals surface area contributed by atoms with Crippen LogP contribution < -0.4 is 0 Å². The van der Waals surface area contributed by atoms with E-state index in [9.17, 15) is 5.11 Å². The molecule has 118 valence electrons. The number of unbranched alkanes of at least 4 members (excludes halogenated alkanes) is 2. The van der Waals surface area contributed by atoms with Gasteiger partial charge in [-0.3, -0.25) is 0 Å². The van der Waals surface area contributed by atoms with E-state index in [4.69, 9.17) is 0 Å². The fourth-order valence-electron chi connectivity index (χ4n) is 2.86. The van der Waals surface area contributed by atoms with Gasteiger partial charge in [-0.1, -0.05) is 64.8 Å². The van der Waals surface area contributed by atoms with Gasteiger partial charge in [0.2, 0.25) is 0 Å². The Labute approximate surface area is 131 Å². The molecule has 0 aliphatic carbocycles. The summed E-state index contributed by atoms with van der Waals surface area (Å²) in [5.41, 5.74) is 3.33. The van der Waals surface area contributed by atoms with Crippen LogP contribution in [0.25, 0.3) is 0 Å². The quantitative estimate of drug-likeness (QED) is 0.501. The molecule has 1 N–H and O–H groups in total. The van der Waals surface area contributed by atoms with Crippen LogP contribution in [0, 0.1) is 6.92 Å². The van der Waals surface area contributed by atoms with Gasteiger partial charge in [0.25, 0.3) is 0 Å². The molecule has 0 atom stereocenters. The van der Waals surface area contributed by atoms with Crippen LogP contribution >= 0.6 is 0 Å². The molecule has 21 heavy (non-hydrogen) atoms. The molecule has 0 radical (unpaired) electrons. The summed E-state index contributed by atoms with van der Waals surface area (Å²) >= 11 is 0. The first kappa shape index (κ1) is 17.8. The molecule has 0 unspecified atom stereocenters. The molecule has 0 heterocycles. The zero-order valence-corrected chi connectivity index (χ0v) is 14.7. The van der Waals surface area contributed by atoms with E-state index in [-0.39, 0.29) is 10.8 Å². The van der Waals surface area contributed by atoms with Crippen molar-refractivity contribution in [2.75, 3.05) is 0 Å². The van der Waals surface area contributed by atoms with E-state index in [1.165, 1.54) is 12.0 Å². The molecule has 1 nitrogen and oxygen atoms in total. The van der Waals surface area contributed by atoms with E-state index in [1.54, 1.807) is 0 Å². The lowest BCUT2D eigenvalue weighted by molar-refractivity contribution is 0.396. The van der Waals surface area contributed by atoms with Crippen molar-refractivity contribution >= 4 is 0 Å². The zero-order chi connectivity index (χ0) is 16.3. The molecule has 1 aromatic carbocycles. The molecule has 0 aromatic heterocycles. The van der Waals surface area contributed by atoms with Gasteiger partial charge in [0.1, 0.15) is 5.75 Å². The number of hydrogen-bond donors (Lipinski definition) is 1. The van der Waals surface area contributed by atoms with Crippen LogP contribution in [-0.2, 0) is 10.8 Å². The highest BCUT2D eigenvalue weighted by molar-refractivity contribution is 5.49. The van der Waals surface area contributed by atoms with E-state index >= 15 is 0 Å². The molecule has 0 fully saturated rings. The maximum Gasteiger partial charge on any atom is 0.123 e. The second-order valence-corrected chi connectivity index (χ2v) is 7.88. The zero-order valence-electron chi connectivity index (χ0n) is 14.7. The molecule has 0 spiro atoms. The molecule has 0 saturated heterocycles. The third kappa shape index (κ3) is 4.62. The Morgan fingerprint density at radius 1 is 1.05 bits per heavy atom. The van der Waals surface area contributed by atoms with Crippen LogP contribution in [0.3, 0.4) is 0 Å². The number of phenolic OH excluding ortho intramolecular Hbond substituents is 1. The van der Waals surface area contributed by atoms with Crippen LogP contribution in [0.5, 0.6) is 5.75 Å². The summed E-state index contributed by atoms with van der Waals surface area (Å²) in [4.78, 5) is 0. The summed E-state index contributed by atoms with van der Waals surface area (Å²) in [6, 6.07) is 4.27. The molecule has 0 aliphatic heterocycles. The Hall–Kier alpha value is -1.24. The first-order chi connectivity index (χ1) is 9.59. The predicted octanol–water partition coefficient (Wildman–Crippen LogP) is 6.02. The van der Waals surface area contributed by atoms with E-state index in [2.05, 4.69) is 60.3 Å². The second-order valence-electron chi connectivity index (χ2n) is 7.88. The van der Waals surface area contributed by atoms with Gasteiger partial charge in [0.05, 0.1) is 0 Å². The number of rotatable bonds is 6. The monoisotopic (exact) mass is 288 g/mol. The van der Waals surface area contributed by atoms with Crippen LogP contribution in [0.2, 0.25) is 0 Å². The Kier molecular flexibility index (Phi) is 5.67. The van der Waals surface area contributed by atoms with Crippen molar-refractivity contribution < 1.29 is 5.11 Å². The van der Waals surface area contributed by atoms with Crippen LogP contribution in [0.15, 0.2) is 24.8 Å². The van der Waals surface area contributed by atoms with Gasteiger partial charge in [0.15, 0.2) is 0 Å². The molecular formula is C20H32O. The molecule has 0 amide bonds. The van der Waals surface area contributed by atoms with Crippen molar-refractivity contribution in [1.82, 2.24) is 0 Å². The van der Waals surface area contributed by atoms with Gasteiger partial charge in [0, 0.05) is 5.56 Å². The third-order valence-electron chi connectivity index (χ3n) is 4.25. The number of phenols is 1. The maximum atomic E-state index is 10.8. The Morgan fingerprint density at radius 3 is 2.14 bits per heavy atom. The molecule has 0 saturated carbocycles. The van der Waals surface area contributed by atoms with Crippen molar-refractivity contribution in [2.24, 2.45) is 0 Å². The van der Waals surface area contributed by atoms with E-state index in [0.717, 1.165) is 30.4 Å². The first-order valence-electron chi connectivity index (χ1n) is 8.05. The Bertz CT molecular complexity index is 489. The summed E-state index contributed by atoms with van der Waals surface area (Å²) in [6.45, 7) is 16.8. The number of aromatic hydroxyl groups is 1. The minimum absolute atomic E-state index is 0.00271. The predicted molar refractivity (Wildman–Crippen MR) is 93.2 cm³/mol. The average molecular weight is 288 g/mol. The summed E-state index contributed by atoms with van der Waals surface area (Å²) < 4.78 is 0. The largest absolute Gasteiger partial charge is 0.507 e. The van der Waals surface area contributed by atoms with Gasteiger partial charge >= 0.3 is 0 Å². The highest BCUT2D eigenvalue weighted by Gasteiger charge is 2.28. The van der Waals surface area contributed by atoms with Gasteiger partial charge in [-0.15, -0.1) is 6.58 Å². The summed E-state index contributed by atoms with van der Waals surface area (Å²) in [7, 11) is 0. The summed E-state index contributed by atoms with van der Waals surface area (Å²) in [5.74, 6) is 0.488. The van der Waals surface area contributed by atoms with Crippen molar-refractivity contribution in [1.29, 1.82) is 0 Å². The lowest BCUT2D eigenvalue weighted by Gasteiger charge is -2.30. The highest BCUT2D eigenvalue weighted by atomic mass is 16.3. The van der Waals surface area contributed by atoms with Crippen LogP contribution in [0.4, 0.5) is 0 Å². The molecule has 0 aliphatic rings. The molecule has 1 aromatic rings. The van der Waals surface area contributed by atoms with Crippen molar-refractivity contribution in [3.8, 4) is 5.75 Å². The second kappa shape index (κ2) is 6.68. The van der Waals surface area contributed by atoms with E-state index in [1.807, 2.05) is 6.08 Å². The lowest BCUT2D eigenvalue weighted by Crippen LogP contribution is -2.20. The number of allylic oxidation sites excluding steroid dienone is 1. The normalized spacial score (nSPS) is 12.5. The van der Waals surface area contributed by atoms with Gasteiger partial charge in [-0.05, 0) is 42.6 Å². The average Bonchev–Trinajstić information content (AvgIpc) is 2.35. The Balaban J connectivity index is 3.11. The third-order valence-corrected chi connectivity index (χ3v) is 4.25. The topological polar surface area (TPSA) is 20.2 Å². The summed E-state index contributed by atoms with van der Waals surface area (Å²) in [5, 5.41) is 10.8. The van der Waals surface area contributed by atoms with E-state index < -0.39 is 0 Å².